The van der Waals surface area contributed by atoms with Crippen molar-refractivity contribution in [2.24, 2.45) is 0 Å². The summed E-state index contributed by atoms with van der Waals surface area (Å²) in [5.74, 6) is -1.92. The van der Waals surface area contributed by atoms with E-state index in [2.05, 4.69) is 0 Å². The fourth-order valence-corrected chi connectivity index (χ4v) is 4.20. The summed E-state index contributed by atoms with van der Waals surface area (Å²) in [6, 6.07) is 2.72. The van der Waals surface area contributed by atoms with E-state index in [1.807, 2.05) is 11.8 Å². The van der Waals surface area contributed by atoms with Crippen molar-refractivity contribution in [1.82, 2.24) is 9.47 Å². The first-order valence-corrected chi connectivity index (χ1v) is 10.2. The number of aryl methyl sites for hydroxylation is 1. The number of anilines is 1. The molecule has 0 bridgehead atoms. The molecule has 3 heterocycles. The van der Waals surface area contributed by atoms with E-state index in [0.717, 1.165) is 18.9 Å². The standard InChI is InChI=1S/C21H24FN3O5/c1-2-23-12-14(21(28)29)19(26)13-10-15(22)17(11-16(13)23)24-5-7-25(8-6-24)20(27)18-4-3-9-30-18/h10-12,18H,2-9H2,1H3,(H,28,29)/t18-/m1/s1. The van der Waals surface area contributed by atoms with E-state index in [1.165, 1.54) is 6.20 Å². The summed E-state index contributed by atoms with van der Waals surface area (Å²) in [6.45, 7) is 4.74. The third-order valence-electron chi connectivity index (χ3n) is 5.86. The number of amides is 1. The van der Waals surface area contributed by atoms with Crippen LogP contribution in [-0.4, -0.2) is 65.3 Å². The molecule has 9 heteroatoms. The number of carboxylic acids is 1. The number of benzene rings is 1. The number of halogens is 1. The molecule has 8 nitrogen and oxygen atoms in total. The number of fused-ring (bicyclic) bond motifs is 1. The Morgan fingerprint density at radius 1 is 1.23 bits per heavy atom. The number of aromatic nitrogens is 1. The Kier molecular flexibility index (Phi) is 5.46. The van der Waals surface area contributed by atoms with E-state index in [4.69, 9.17) is 4.74 Å². The number of rotatable bonds is 4. The SMILES string of the molecule is CCn1cc(C(=O)O)c(=O)c2cc(F)c(N3CCN(C(=O)[C@H]4CCCO4)CC3)cc21. The van der Waals surface area contributed by atoms with Crippen LogP contribution in [0.5, 0.6) is 0 Å². The maximum absolute atomic E-state index is 14.9. The fraction of sp³-hybridized carbons (Fsp3) is 0.476. The van der Waals surface area contributed by atoms with Gasteiger partial charge in [0.25, 0.3) is 5.91 Å². The summed E-state index contributed by atoms with van der Waals surface area (Å²) in [4.78, 5) is 40.0. The molecule has 1 amide bonds. The lowest BCUT2D eigenvalue weighted by atomic mass is 10.1. The molecule has 0 radical (unpaired) electrons. The van der Waals surface area contributed by atoms with Gasteiger partial charge >= 0.3 is 5.97 Å². The molecular formula is C21H24FN3O5. The molecule has 2 aliphatic rings. The molecule has 2 fully saturated rings. The molecule has 2 aliphatic heterocycles. The Morgan fingerprint density at radius 2 is 1.97 bits per heavy atom. The lowest BCUT2D eigenvalue weighted by Crippen LogP contribution is -2.51. The van der Waals surface area contributed by atoms with E-state index in [9.17, 15) is 23.9 Å². The van der Waals surface area contributed by atoms with Crippen LogP contribution in [0.25, 0.3) is 10.9 Å². The molecule has 160 valence electrons. The van der Waals surface area contributed by atoms with Crippen molar-refractivity contribution >= 4 is 28.5 Å². The van der Waals surface area contributed by atoms with Crippen LogP contribution in [0, 0.1) is 5.82 Å². The molecule has 1 aromatic carbocycles. The Balaban J connectivity index is 1.61. The van der Waals surface area contributed by atoms with Gasteiger partial charge < -0.3 is 24.2 Å². The first kappa shape index (κ1) is 20.3. The number of carbonyl (C=O) groups is 2. The van der Waals surface area contributed by atoms with Gasteiger partial charge in [-0.25, -0.2) is 9.18 Å². The Labute approximate surface area is 172 Å². The second-order valence-corrected chi connectivity index (χ2v) is 7.60. The minimum Gasteiger partial charge on any atom is -0.477 e. The van der Waals surface area contributed by atoms with Crippen LogP contribution in [0.15, 0.2) is 23.1 Å². The fourth-order valence-electron chi connectivity index (χ4n) is 4.20. The van der Waals surface area contributed by atoms with Crippen molar-refractivity contribution in [3.8, 4) is 0 Å². The minimum atomic E-state index is -1.33. The maximum Gasteiger partial charge on any atom is 0.341 e. The monoisotopic (exact) mass is 417 g/mol. The highest BCUT2D eigenvalue weighted by molar-refractivity contribution is 5.93. The highest BCUT2D eigenvalue weighted by Gasteiger charge is 2.31. The van der Waals surface area contributed by atoms with Crippen molar-refractivity contribution in [2.45, 2.75) is 32.4 Å². The summed E-state index contributed by atoms with van der Waals surface area (Å²) in [7, 11) is 0. The Hall–Kier alpha value is -2.94. The molecule has 4 rings (SSSR count). The zero-order valence-electron chi connectivity index (χ0n) is 16.8. The van der Waals surface area contributed by atoms with E-state index < -0.39 is 17.2 Å². The van der Waals surface area contributed by atoms with Gasteiger partial charge in [0.05, 0.1) is 11.2 Å². The maximum atomic E-state index is 14.9. The number of nitrogens with zero attached hydrogens (tertiary/aromatic N) is 3. The predicted molar refractivity (Wildman–Crippen MR) is 109 cm³/mol. The minimum absolute atomic E-state index is 0.00726. The zero-order chi connectivity index (χ0) is 21.4. The Morgan fingerprint density at radius 3 is 2.57 bits per heavy atom. The predicted octanol–water partition coefficient (Wildman–Crippen LogP) is 1.69. The summed E-state index contributed by atoms with van der Waals surface area (Å²) < 4.78 is 22.0. The van der Waals surface area contributed by atoms with Crippen molar-refractivity contribution < 1.29 is 23.8 Å². The van der Waals surface area contributed by atoms with Gasteiger partial charge in [0.2, 0.25) is 5.43 Å². The Bertz CT molecular complexity index is 1050. The number of pyridine rings is 1. The highest BCUT2D eigenvalue weighted by atomic mass is 19.1. The quantitative estimate of drug-likeness (QED) is 0.814. The number of carbonyl (C=O) groups excluding carboxylic acids is 1. The van der Waals surface area contributed by atoms with Gasteiger partial charge in [-0.05, 0) is 31.9 Å². The summed E-state index contributed by atoms with van der Waals surface area (Å²) >= 11 is 0. The smallest absolute Gasteiger partial charge is 0.341 e. The number of piperazine rings is 1. The number of hydrogen-bond acceptors (Lipinski definition) is 5. The molecule has 30 heavy (non-hydrogen) atoms. The zero-order valence-corrected chi connectivity index (χ0v) is 16.8. The molecule has 2 saturated heterocycles. The summed E-state index contributed by atoms with van der Waals surface area (Å²) in [5, 5.41) is 9.31. The van der Waals surface area contributed by atoms with Crippen LogP contribution in [0.1, 0.15) is 30.1 Å². The average molecular weight is 417 g/mol. The number of hydrogen-bond donors (Lipinski definition) is 1. The number of ether oxygens (including phenoxy) is 1. The van der Waals surface area contributed by atoms with Gasteiger partial charge in [0.1, 0.15) is 17.5 Å². The molecule has 0 unspecified atom stereocenters. The van der Waals surface area contributed by atoms with Crippen LogP contribution in [0.4, 0.5) is 10.1 Å². The van der Waals surface area contributed by atoms with E-state index in [1.54, 1.807) is 15.5 Å². The van der Waals surface area contributed by atoms with Gasteiger partial charge in [0, 0.05) is 50.9 Å². The molecule has 1 atom stereocenters. The summed E-state index contributed by atoms with van der Waals surface area (Å²) in [6.07, 6.45) is 2.57. The van der Waals surface area contributed by atoms with Crippen molar-refractivity contribution in [2.75, 3.05) is 37.7 Å². The average Bonchev–Trinajstić information content (AvgIpc) is 3.28. The van der Waals surface area contributed by atoms with Crippen molar-refractivity contribution in [3.05, 3.63) is 39.9 Å². The molecule has 0 spiro atoms. The van der Waals surface area contributed by atoms with Crippen molar-refractivity contribution in [1.29, 1.82) is 0 Å². The first-order chi connectivity index (χ1) is 14.4. The molecule has 0 saturated carbocycles. The van der Waals surface area contributed by atoms with Gasteiger partial charge in [-0.2, -0.15) is 0 Å². The second-order valence-electron chi connectivity index (χ2n) is 7.60. The molecule has 1 N–H and O–H groups in total. The normalized spacial score (nSPS) is 19.5. The van der Waals surface area contributed by atoms with Crippen LogP contribution < -0.4 is 10.3 Å². The second kappa shape index (κ2) is 8.06. The van der Waals surface area contributed by atoms with Crippen LogP contribution in [0.3, 0.4) is 0 Å². The molecule has 1 aromatic heterocycles. The van der Waals surface area contributed by atoms with Gasteiger partial charge in [0.15, 0.2) is 0 Å². The van der Waals surface area contributed by atoms with Gasteiger partial charge in [-0.15, -0.1) is 0 Å². The molecular weight excluding hydrogens is 393 g/mol. The van der Waals surface area contributed by atoms with Crippen LogP contribution in [-0.2, 0) is 16.1 Å². The topological polar surface area (TPSA) is 92.1 Å². The number of carboxylic acid groups (broad SMARTS) is 1. The summed E-state index contributed by atoms with van der Waals surface area (Å²) in [5.41, 5.74) is -0.240. The van der Waals surface area contributed by atoms with E-state index >= 15 is 0 Å². The largest absolute Gasteiger partial charge is 0.477 e. The van der Waals surface area contributed by atoms with Gasteiger partial charge in [-0.1, -0.05) is 0 Å². The molecule has 2 aromatic rings. The first-order valence-electron chi connectivity index (χ1n) is 10.2. The number of aromatic carboxylic acids is 1. The lowest BCUT2D eigenvalue weighted by molar-refractivity contribution is -0.141. The third-order valence-corrected chi connectivity index (χ3v) is 5.86. The van der Waals surface area contributed by atoms with Crippen LogP contribution in [0.2, 0.25) is 0 Å². The lowest BCUT2D eigenvalue weighted by Gasteiger charge is -2.37. The van der Waals surface area contributed by atoms with Crippen LogP contribution >= 0.6 is 0 Å². The van der Waals surface area contributed by atoms with E-state index in [-0.39, 0.29) is 23.0 Å². The van der Waals surface area contributed by atoms with E-state index in [0.29, 0.717) is 50.5 Å². The van der Waals surface area contributed by atoms with Gasteiger partial charge in [-0.3, -0.25) is 9.59 Å². The highest BCUT2D eigenvalue weighted by Crippen LogP contribution is 2.27. The third kappa shape index (κ3) is 3.54. The molecule has 0 aliphatic carbocycles. The van der Waals surface area contributed by atoms with Crippen molar-refractivity contribution in [3.63, 3.8) is 0 Å².